The molecule has 3 rings (SSSR count). The summed E-state index contributed by atoms with van der Waals surface area (Å²) < 4.78 is 30.4. The fraction of sp³-hybridized carbons (Fsp3) is 0.500. The van der Waals surface area contributed by atoms with Gasteiger partial charge in [-0.25, -0.2) is 8.42 Å². The van der Waals surface area contributed by atoms with Gasteiger partial charge in [-0.3, -0.25) is 9.21 Å². The Kier molecular flexibility index (Phi) is 6.78. The second kappa shape index (κ2) is 8.98. The van der Waals surface area contributed by atoms with Crippen molar-refractivity contribution in [3.8, 4) is 5.75 Å². The van der Waals surface area contributed by atoms with Crippen molar-refractivity contribution in [3.63, 3.8) is 0 Å². The highest BCUT2D eigenvalue weighted by Crippen LogP contribution is 2.41. The number of benzene rings is 2. The molecule has 1 atom stereocenters. The van der Waals surface area contributed by atoms with E-state index in [-0.39, 0.29) is 5.54 Å². The third kappa shape index (κ3) is 5.16. The minimum Gasteiger partial charge on any atom is -0.494 e. The fourth-order valence-electron chi connectivity index (χ4n) is 4.40. The lowest BCUT2D eigenvalue weighted by Gasteiger charge is -2.36. The Morgan fingerprint density at radius 1 is 1.17 bits per heavy atom. The van der Waals surface area contributed by atoms with Gasteiger partial charge in [0, 0.05) is 25.0 Å². The van der Waals surface area contributed by atoms with Crippen molar-refractivity contribution in [2.45, 2.75) is 45.1 Å². The van der Waals surface area contributed by atoms with Crippen LogP contribution in [0, 0.1) is 6.92 Å². The maximum atomic E-state index is 11.6. The average Bonchev–Trinajstić information content (AvgIpc) is 2.98. The Balaban J connectivity index is 1.50. The predicted molar refractivity (Wildman–Crippen MR) is 124 cm³/mol. The van der Waals surface area contributed by atoms with Crippen molar-refractivity contribution in [3.05, 3.63) is 59.7 Å². The third-order valence-corrected chi connectivity index (χ3v) is 7.54. The SMILES string of the molecule is Cc1cccc(C2CCN(CCCOc3ccc(N(C)S(C)(=O)=O)cc3)C2(C)C)c1. The van der Waals surface area contributed by atoms with Gasteiger partial charge in [0.05, 0.1) is 18.6 Å². The molecule has 6 heteroatoms. The van der Waals surface area contributed by atoms with Gasteiger partial charge in [0.1, 0.15) is 5.75 Å². The minimum atomic E-state index is -3.25. The molecule has 1 saturated heterocycles. The summed E-state index contributed by atoms with van der Waals surface area (Å²) in [7, 11) is -1.70. The van der Waals surface area contributed by atoms with E-state index in [1.54, 1.807) is 19.2 Å². The summed E-state index contributed by atoms with van der Waals surface area (Å²) in [5, 5.41) is 0. The smallest absolute Gasteiger partial charge is 0.231 e. The zero-order valence-corrected chi connectivity index (χ0v) is 19.6. The number of sulfonamides is 1. The summed E-state index contributed by atoms with van der Waals surface area (Å²) >= 11 is 0. The van der Waals surface area contributed by atoms with Gasteiger partial charge in [-0.2, -0.15) is 0 Å². The Bertz CT molecular complexity index is 955. The molecule has 0 saturated carbocycles. The number of aryl methyl sites for hydroxylation is 1. The van der Waals surface area contributed by atoms with Gasteiger partial charge in [-0.1, -0.05) is 29.8 Å². The fourth-order valence-corrected chi connectivity index (χ4v) is 4.90. The molecule has 0 radical (unpaired) electrons. The van der Waals surface area contributed by atoms with Gasteiger partial charge in [0.15, 0.2) is 0 Å². The lowest BCUT2D eigenvalue weighted by molar-refractivity contribution is 0.149. The van der Waals surface area contributed by atoms with Crippen molar-refractivity contribution in [1.82, 2.24) is 4.90 Å². The Morgan fingerprint density at radius 2 is 1.87 bits per heavy atom. The second-order valence-corrected chi connectivity index (χ2v) is 10.8. The molecule has 1 fully saturated rings. The number of anilines is 1. The average molecular weight is 431 g/mol. The van der Waals surface area contributed by atoms with Gasteiger partial charge in [-0.15, -0.1) is 0 Å². The summed E-state index contributed by atoms with van der Waals surface area (Å²) in [6.07, 6.45) is 3.34. The second-order valence-electron chi connectivity index (χ2n) is 8.82. The highest BCUT2D eigenvalue weighted by Gasteiger charge is 2.41. The molecular formula is C24H34N2O3S. The van der Waals surface area contributed by atoms with E-state index >= 15 is 0 Å². The lowest BCUT2D eigenvalue weighted by atomic mass is 9.82. The molecule has 2 aromatic rings. The lowest BCUT2D eigenvalue weighted by Crippen LogP contribution is -2.42. The Labute approximate surface area is 181 Å². The van der Waals surface area contributed by atoms with Crippen molar-refractivity contribution in [1.29, 1.82) is 0 Å². The predicted octanol–water partition coefficient (Wildman–Crippen LogP) is 4.43. The van der Waals surface area contributed by atoms with Crippen LogP contribution >= 0.6 is 0 Å². The van der Waals surface area contributed by atoms with E-state index in [0.29, 0.717) is 18.2 Å². The topological polar surface area (TPSA) is 49.9 Å². The van der Waals surface area contributed by atoms with Crippen molar-refractivity contribution in [2.75, 3.05) is 37.3 Å². The van der Waals surface area contributed by atoms with Crippen LogP contribution in [0.2, 0.25) is 0 Å². The van der Waals surface area contributed by atoms with Crippen molar-refractivity contribution >= 4 is 15.7 Å². The molecule has 2 aromatic carbocycles. The van der Waals surface area contributed by atoms with E-state index in [2.05, 4.69) is 49.9 Å². The van der Waals surface area contributed by atoms with Crippen LogP contribution in [0.5, 0.6) is 5.75 Å². The molecule has 1 aliphatic rings. The molecule has 0 aliphatic carbocycles. The monoisotopic (exact) mass is 430 g/mol. The quantitative estimate of drug-likeness (QED) is 0.582. The molecule has 5 nitrogen and oxygen atoms in total. The molecule has 0 spiro atoms. The maximum Gasteiger partial charge on any atom is 0.231 e. The van der Waals surface area contributed by atoms with Crippen LogP contribution in [0.4, 0.5) is 5.69 Å². The zero-order chi connectivity index (χ0) is 21.9. The summed E-state index contributed by atoms with van der Waals surface area (Å²) in [4.78, 5) is 2.58. The van der Waals surface area contributed by atoms with E-state index < -0.39 is 10.0 Å². The van der Waals surface area contributed by atoms with E-state index in [9.17, 15) is 8.42 Å². The molecule has 0 amide bonds. The summed E-state index contributed by atoms with van der Waals surface area (Å²) in [5.74, 6) is 1.32. The number of hydrogen-bond acceptors (Lipinski definition) is 4. The number of likely N-dealkylation sites (tertiary alicyclic amines) is 1. The Morgan fingerprint density at radius 3 is 2.50 bits per heavy atom. The molecule has 1 unspecified atom stereocenters. The van der Waals surface area contributed by atoms with Gasteiger partial charge in [-0.05, 0) is 70.0 Å². The molecule has 1 heterocycles. The van der Waals surface area contributed by atoms with Crippen LogP contribution in [0.3, 0.4) is 0 Å². The van der Waals surface area contributed by atoms with E-state index in [0.717, 1.165) is 25.3 Å². The van der Waals surface area contributed by atoms with Gasteiger partial charge >= 0.3 is 0 Å². The molecular weight excluding hydrogens is 396 g/mol. The highest BCUT2D eigenvalue weighted by atomic mass is 32.2. The maximum absolute atomic E-state index is 11.6. The standard InChI is InChI=1S/C24H34N2O3S/c1-19-8-6-9-20(18-19)23-14-16-26(24(23,2)3)15-7-17-29-22-12-10-21(11-13-22)25(4)30(5,27)28/h6,8-13,18,23H,7,14-17H2,1-5H3. The highest BCUT2D eigenvalue weighted by molar-refractivity contribution is 7.92. The van der Waals surface area contributed by atoms with Crippen molar-refractivity contribution in [2.24, 2.45) is 0 Å². The summed E-state index contributed by atoms with van der Waals surface area (Å²) in [5.41, 5.74) is 3.53. The minimum absolute atomic E-state index is 0.131. The van der Waals surface area contributed by atoms with Crippen molar-refractivity contribution < 1.29 is 13.2 Å². The number of nitrogens with zero attached hydrogens (tertiary/aromatic N) is 2. The third-order valence-electron chi connectivity index (χ3n) is 6.34. The Hall–Kier alpha value is -2.05. The number of hydrogen-bond donors (Lipinski definition) is 0. The zero-order valence-electron chi connectivity index (χ0n) is 18.8. The summed E-state index contributed by atoms with van der Waals surface area (Å²) in [6.45, 7) is 9.62. The first-order chi connectivity index (χ1) is 14.1. The first-order valence-electron chi connectivity index (χ1n) is 10.6. The van der Waals surface area contributed by atoms with Gasteiger partial charge < -0.3 is 4.74 Å². The van der Waals surface area contributed by atoms with Crippen LogP contribution in [0.1, 0.15) is 43.7 Å². The summed E-state index contributed by atoms with van der Waals surface area (Å²) in [6, 6.07) is 16.1. The normalized spacial score (nSPS) is 19.0. The van der Waals surface area contributed by atoms with E-state index in [4.69, 9.17) is 4.74 Å². The first-order valence-corrected chi connectivity index (χ1v) is 12.4. The first kappa shape index (κ1) is 22.6. The van der Waals surface area contributed by atoms with E-state index in [1.807, 2.05) is 12.1 Å². The number of ether oxygens (including phenoxy) is 1. The van der Waals surface area contributed by atoms with Crippen LogP contribution in [-0.4, -0.2) is 51.9 Å². The molecule has 164 valence electrons. The van der Waals surface area contributed by atoms with Gasteiger partial charge in [0.2, 0.25) is 10.0 Å². The molecule has 0 bridgehead atoms. The van der Waals surface area contributed by atoms with Gasteiger partial charge in [0.25, 0.3) is 0 Å². The largest absolute Gasteiger partial charge is 0.494 e. The van der Waals surface area contributed by atoms with Crippen LogP contribution in [0.15, 0.2) is 48.5 Å². The van der Waals surface area contributed by atoms with Crippen LogP contribution < -0.4 is 9.04 Å². The van der Waals surface area contributed by atoms with Crippen LogP contribution in [-0.2, 0) is 10.0 Å². The van der Waals surface area contributed by atoms with E-state index in [1.165, 1.54) is 28.1 Å². The molecule has 30 heavy (non-hydrogen) atoms. The molecule has 0 N–H and O–H groups in total. The molecule has 0 aromatic heterocycles. The number of rotatable bonds is 8. The van der Waals surface area contributed by atoms with Crippen LogP contribution in [0.25, 0.3) is 0 Å². The molecule has 1 aliphatic heterocycles.